The van der Waals surface area contributed by atoms with Crippen LogP contribution in [0.1, 0.15) is 11.1 Å². The molecule has 2 aromatic rings. The smallest absolute Gasteiger partial charge is 0.411 e. The van der Waals surface area contributed by atoms with Crippen LogP contribution in [0.15, 0.2) is 59.6 Å². The fraction of sp³-hybridized carbons (Fsp3) is 0.263. The van der Waals surface area contributed by atoms with E-state index in [0.29, 0.717) is 12.2 Å². The van der Waals surface area contributed by atoms with E-state index < -0.39 is 6.09 Å². The molecule has 1 amide bonds. The van der Waals surface area contributed by atoms with E-state index in [1.54, 1.807) is 7.05 Å². The summed E-state index contributed by atoms with van der Waals surface area (Å²) in [6, 6.07) is 17.9. The van der Waals surface area contributed by atoms with Crippen molar-refractivity contribution in [2.75, 3.05) is 26.0 Å². The van der Waals surface area contributed by atoms with Gasteiger partial charge >= 0.3 is 6.09 Å². The third kappa shape index (κ3) is 7.73. The van der Waals surface area contributed by atoms with Crippen molar-refractivity contribution in [1.82, 2.24) is 10.6 Å². The molecule has 0 atom stereocenters. The van der Waals surface area contributed by atoms with E-state index in [-0.39, 0.29) is 24.0 Å². The molecule has 3 N–H and O–H groups in total. The first-order valence-corrected chi connectivity index (χ1v) is 8.13. The van der Waals surface area contributed by atoms with Crippen LogP contribution in [0.4, 0.5) is 10.5 Å². The normalized spacial score (nSPS) is 10.5. The maximum atomic E-state index is 11.2. The zero-order valence-electron chi connectivity index (χ0n) is 15.0. The van der Waals surface area contributed by atoms with E-state index in [1.165, 1.54) is 12.7 Å². The summed E-state index contributed by atoms with van der Waals surface area (Å²) in [6.45, 7) is 1.45. The summed E-state index contributed by atoms with van der Waals surface area (Å²) in [4.78, 5) is 15.4. The second-order valence-electron chi connectivity index (χ2n) is 5.40. The second kappa shape index (κ2) is 12.1. The van der Waals surface area contributed by atoms with Crippen LogP contribution in [-0.4, -0.2) is 32.8 Å². The molecule has 0 heterocycles. The minimum atomic E-state index is -0.478. The molecule has 7 heteroatoms. The highest BCUT2D eigenvalue weighted by Gasteiger charge is 2.02. The molecule has 0 radical (unpaired) electrons. The van der Waals surface area contributed by atoms with Gasteiger partial charge in [-0.2, -0.15) is 0 Å². The van der Waals surface area contributed by atoms with Gasteiger partial charge in [0.05, 0.1) is 7.11 Å². The largest absolute Gasteiger partial charge is 0.453 e. The van der Waals surface area contributed by atoms with Gasteiger partial charge in [-0.15, -0.1) is 24.0 Å². The van der Waals surface area contributed by atoms with Crippen molar-refractivity contribution in [3.05, 3.63) is 65.7 Å². The third-order valence-corrected chi connectivity index (χ3v) is 3.62. The number of aliphatic imine (C=N–C) groups is 1. The van der Waals surface area contributed by atoms with E-state index in [0.717, 1.165) is 24.5 Å². The van der Waals surface area contributed by atoms with Gasteiger partial charge in [0.25, 0.3) is 0 Å². The number of hydrogen-bond acceptors (Lipinski definition) is 3. The summed E-state index contributed by atoms with van der Waals surface area (Å²) in [5.74, 6) is 0.757. The highest BCUT2D eigenvalue weighted by atomic mass is 127. The van der Waals surface area contributed by atoms with Crippen molar-refractivity contribution >= 4 is 41.7 Å². The van der Waals surface area contributed by atoms with Crippen LogP contribution in [0.25, 0.3) is 0 Å². The van der Waals surface area contributed by atoms with Crippen LogP contribution in [0, 0.1) is 0 Å². The Hall–Kier alpha value is -2.29. The molecule has 6 nitrogen and oxygen atoms in total. The molecule has 140 valence electrons. The molecular formula is C19H25IN4O2. The van der Waals surface area contributed by atoms with E-state index >= 15 is 0 Å². The van der Waals surface area contributed by atoms with Crippen molar-refractivity contribution in [2.45, 2.75) is 13.0 Å². The number of amides is 1. The Morgan fingerprint density at radius 1 is 1.00 bits per heavy atom. The third-order valence-electron chi connectivity index (χ3n) is 3.62. The Morgan fingerprint density at radius 2 is 1.69 bits per heavy atom. The zero-order chi connectivity index (χ0) is 17.9. The monoisotopic (exact) mass is 468 g/mol. The molecule has 2 aromatic carbocycles. The number of ether oxygens (including phenoxy) is 1. The van der Waals surface area contributed by atoms with E-state index in [4.69, 9.17) is 0 Å². The summed E-state index contributed by atoms with van der Waals surface area (Å²) < 4.78 is 4.56. The van der Waals surface area contributed by atoms with Crippen LogP contribution in [0.5, 0.6) is 0 Å². The lowest BCUT2D eigenvalue weighted by atomic mass is 10.1. The Labute approximate surface area is 171 Å². The van der Waals surface area contributed by atoms with Crippen molar-refractivity contribution in [3.63, 3.8) is 0 Å². The van der Waals surface area contributed by atoms with Gasteiger partial charge < -0.3 is 15.4 Å². The summed E-state index contributed by atoms with van der Waals surface area (Å²) in [7, 11) is 3.09. The quantitative estimate of drug-likeness (QED) is 0.345. The van der Waals surface area contributed by atoms with Gasteiger partial charge in [-0.25, -0.2) is 4.79 Å². The first-order chi connectivity index (χ1) is 12.2. The number of anilines is 1. The molecule has 26 heavy (non-hydrogen) atoms. The highest BCUT2D eigenvalue weighted by molar-refractivity contribution is 14.0. The van der Waals surface area contributed by atoms with Crippen molar-refractivity contribution in [1.29, 1.82) is 0 Å². The highest BCUT2D eigenvalue weighted by Crippen LogP contribution is 2.09. The van der Waals surface area contributed by atoms with Crippen molar-refractivity contribution in [2.24, 2.45) is 4.99 Å². The minimum Gasteiger partial charge on any atom is -0.453 e. The lowest BCUT2D eigenvalue weighted by Gasteiger charge is -2.12. The van der Waals surface area contributed by atoms with E-state index in [9.17, 15) is 4.79 Å². The van der Waals surface area contributed by atoms with Crippen molar-refractivity contribution < 1.29 is 9.53 Å². The number of methoxy groups -OCH3 is 1. The molecule has 0 bridgehead atoms. The van der Waals surface area contributed by atoms with Crippen LogP contribution in [-0.2, 0) is 17.7 Å². The Balaban J connectivity index is 0.00000338. The number of hydrogen-bond donors (Lipinski definition) is 3. The maximum Gasteiger partial charge on any atom is 0.411 e. The minimum absolute atomic E-state index is 0. The van der Waals surface area contributed by atoms with Gasteiger partial charge in [0.15, 0.2) is 5.96 Å². The number of carbonyl (C=O) groups is 1. The topological polar surface area (TPSA) is 74.8 Å². The van der Waals surface area contributed by atoms with Crippen LogP contribution >= 0.6 is 24.0 Å². The van der Waals surface area contributed by atoms with Gasteiger partial charge in [-0.1, -0.05) is 42.5 Å². The lowest BCUT2D eigenvalue weighted by Crippen LogP contribution is -2.37. The summed E-state index contributed by atoms with van der Waals surface area (Å²) >= 11 is 0. The summed E-state index contributed by atoms with van der Waals surface area (Å²) in [5, 5.41) is 9.19. The molecule has 0 aliphatic rings. The molecule has 0 aliphatic heterocycles. The molecule has 0 saturated carbocycles. The lowest BCUT2D eigenvalue weighted by molar-refractivity contribution is 0.187. The van der Waals surface area contributed by atoms with Crippen LogP contribution in [0.3, 0.4) is 0 Å². The number of nitrogens with zero attached hydrogens (tertiary/aromatic N) is 1. The Kier molecular flexibility index (Phi) is 10.1. The average molecular weight is 468 g/mol. The summed E-state index contributed by atoms with van der Waals surface area (Å²) in [5.41, 5.74) is 3.07. The molecule has 0 saturated heterocycles. The number of guanidine groups is 1. The molecular weight excluding hydrogens is 443 g/mol. The fourth-order valence-corrected chi connectivity index (χ4v) is 2.25. The van der Waals surface area contributed by atoms with Gasteiger partial charge in [0.1, 0.15) is 0 Å². The number of rotatable bonds is 6. The van der Waals surface area contributed by atoms with Gasteiger partial charge in [-0.3, -0.25) is 10.3 Å². The molecule has 0 aromatic heterocycles. The van der Waals surface area contributed by atoms with E-state index in [1.807, 2.05) is 42.5 Å². The molecule has 0 fully saturated rings. The standard InChI is InChI=1S/C19H24N4O2.HI/c1-20-18(21-13-12-15-6-4-3-5-7-15)22-14-16-8-10-17(11-9-16)23-19(24)25-2;/h3-11H,12-14H2,1-2H3,(H,23,24)(H2,20,21,22);1H. The SMILES string of the molecule is CN=C(NCCc1ccccc1)NCc1ccc(NC(=O)OC)cc1.I. The van der Waals surface area contributed by atoms with Crippen LogP contribution in [0.2, 0.25) is 0 Å². The first kappa shape index (κ1) is 21.8. The number of halogens is 1. The Morgan fingerprint density at radius 3 is 2.31 bits per heavy atom. The number of nitrogens with one attached hydrogen (secondary N) is 3. The number of benzene rings is 2. The average Bonchev–Trinajstić information content (AvgIpc) is 2.66. The molecule has 0 unspecified atom stereocenters. The van der Waals surface area contributed by atoms with Crippen LogP contribution < -0.4 is 16.0 Å². The summed E-state index contributed by atoms with van der Waals surface area (Å²) in [6.07, 6.45) is 0.462. The van der Waals surface area contributed by atoms with Gasteiger partial charge in [-0.05, 0) is 29.7 Å². The second-order valence-corrected chi connectivity index (χ2v) is 5.40. The predicted octanol–water partition coefficient (Wildman–Crippen LogP) is 3.39. The van der Waals surface area contributed by atoms with Crippen molar-refractivity contribution in [3.8, 4) is 0 Å². The maximum absolute atomic E-state index is 11.2. The van der Waals surface area contributed by atoms with Gasteiger partial charge in [0.2, 0.25) is 0 Å². The Bertz CT molecular complexity index is 690. The van der Waals surface area contributed by atoms with E-state index in [2.05, 4.69) is 37.8 Å². The molecule has 2 rings (SSSR count). The number of carbonyl (C=O) groups excluding carboxylic acids is 1. The predicted molar refractivity (Wildman–Crippen MR) is 116 cm³/mol. The zero-order valence-corrected chi connectivity index (χ0v) is 17.3. The molecule has 0 spiro atoms. The fourth-order valence-electron chi connectivity index (χ4n) is 2.25. The first-order valence-electron chi connectivity index (χ1n) is 8.13. The van der Waals surface area contributed by atoms with Gasteiger partial charge in [0, 0.05) is 25.8 Å². The molecule has 0 aliphatic carbocycles.